The average Bonchev–Trinajstić information content (AvgIpc) is 2.91. The number of rotatable bonds is 3. The SMILES string of the molecule is Cc1sc(C(=O)N[C@H]2CCCNC2)cc1-c1ccc(F)cc1.Cl. The molecule has 1 fully saturated rings. The molecule has 0 unspecified atom stereocenters. The van der Waals surface area contributed by atoms with Gasteiger partial charge in [0.2, 0.25) is 0 Å². The molecule has 1 aliphatic rings. The van der Waals surface area contributed by atoms with Crippen LogP contribution in [0.3, 0.4) is 0 Å². The van der Waals surface area contributed by atoms with Gasteiger partial charge in [-0.1, -0.05) is 12.1 Å². The summed E-state index contributed by atoms with van der Waals surface area (Å²) < 4.78 is 13.0. The molecule has 2 heterocycles. The standard InChI is InChI=1S/C17H19FN2OS.ClH/c1-11-15(12-4-6-13(18)7-5-12)9-16(22-11)17(21)20-14-3-2-8-19-10-14;/h4-7,9,14,19H,2-3,8,10H2,1H3,(H,20,21);1H/t14-;/m0./s1. The van der Waals surface area contributed by atoms with E-state index in [-0.39, 0.29) is 30.2 Å². The molecule has 6 heteroatoms. The van der Waals surface area contributed by atoms with Crippen LogP contribution in [-0.2, 0) is 0 Å². The summed E-state index contributed by atoms with van der Waals surface area (Å²) in [5.74, 6) is -0.269. The first-order valence-electron chi connectivity index (χ1n) is 7.51. The van der Waals surface area contributed by atoms with Gasteiger partial charge in [0.1, 0.15) is 5.82 Å². The van der Waals surface area contributed by atoms with Crippen LogP contribution < -0.4 is 10.6 Å². The van der Waals surface area contributed by atoms with Crippen LogP contribution in [0.1, 0.15) is 27.4 Å². The van der Waals surface area contributed by atoms with Gasteiger partial charge in [-0.05, 0) is 55.6 Å². The summed E-state index contributed by atoms with van der Waals surface area (Å²) in [4.78, 5) is 14.2. The van der Waals surface area contributed by atoms with Crippen molar-refractivity contribution < 1.29 is 9.18 Å². The Balaban J connectivity index is 0.00000192. The third kappa shape index (κ3) is 4.31. The normalized spacial score (nSPS) is 17.4. The van der Waals surface area contributed by atoms with Crippen LogP contribution >= 0.6 is 23.7 Å². The van der Waals surface area contributed by atoms with E-state index in [1.807, 2.05) is 13.0 Å². The minimum atomic E-state index is -0.251. The van der Waals surface area contributed by atoms with Gasteiger partial charge in [-0.3, -0.25) is 4.79 Å². The molecule has 2 N–H and O–H groups in total. The van der Waals surface area contributed by atoms with Crippen LogP contribution in [0, 0.1) is 12.7 Å². The molecule has 3 nitrogen and oxygen atoms in total. The molecule has 1 amide bonds. The summed E-state index contributed by atoms with van der Waals surface area (Å²) in [6.45, 7) is 3.85. The molecular formula is C17H20ClFN2OS. The van der Waals surface area contributed by atoms with Gasteiger partial charge >= 0.3 is 0 Å². The lowest BCUT2D eigenvalue weighted by Gasteiger charge is -2.23. The number of aryl methyl sites for hydroxylation is 1. The number of nitrogens with one attached hydrogen (secondary N) is 2. The third-order valence-corrected chi connectivity index (χ3v) is 4.98. The van der Waals surface area contributed by atoms with Gasteiger partial charge in [0.05, 0.1) is 4.88 Å². The van der Waals surface area contributed by atoms with Crippen molar-refractivity contribution in [1.82, 2.24) is 10.6 Å². The molecule has 1 saturated heterocycles. The van der Waals surface area contributed by atoms with Crippen molar-refractivity contribution >= 4 is 29.7 Å². The van der Waals surface area contributed by atoms with E-state index in [1.165, 1.54) is 23.5 Å². The summed E-state index contributed by atoms with van der Waals surface area (Å²) in [7, 11) is 0. The van der Waals surface area contributed by atoms with Gasteiger partial charge < -0.3 is 10.6 Å². The summed E-state index contributed by atoms with van der Waals surface area (Å²) in [6.07, 6.45) is 2.11. The second kappa shape index (κ2) is 7.90. The van der Waals surface area contributed by atoms with Crippen LogP contribution in [0.2, 0.25) is 0 Å². The molecule has 1 aromatic carbocycles. The fourth-order valence-electron chi connectivity index (χ4n) is 2.74. The largest absolute Gasteiger partial charge is 0.347 e. The van der Waals surface area contributed by atoms with Crippen molar-refractivity contribution in [3.05, 3.63) is 45.9 Å². The molecule has 0 bridgehead atoms. The number of amides is 1. The Hall–Kier alpha value is -1.43. The maximum atomic E-state index is 13.0. The highest BCUT2D eigenvalue weighted by Gasteiger charge is 2.19. The summed E-state index contributed by atoms with van der Waals surface area (Å²) in [6, 6.07) is 8.49. The number of halogens is 2. The maximum absolute atomic E-state index is 13.0. The predicted octanol–water partition coefficient (Wildman–Crippen LogP) is 3.77. The van der Waals surface area contributed by atoms with Crippen molar-refractivity contribution in [3.63, 3.8) is 0 Å². The zero-order chi connectivity index (χ0) is 15.5. The number of hydrogen-bond acceptors (Lipinski definition) is 3. The molecule has 3 rings (SSSR count). The number of benzene rings is 1. The lowest BCUT2D eigenvalue weighted by Crippen LogP contribution is -2.45. The zero-order valence-electron chi connectivity index (χ0n) is 12.9. The van der Waals surface area contributed by atoms with Crippen molar-refractivity contribution in [2.24, 2.45) is 0 Å². The molecule has 1 aliphatic heterocycles. The number of piperidine rings is 1. The predicted molar refractivity (Wildman–Crippen MR) is 95.1 cm³/mol. The molecule has 0 aliphatic carbocycles. The zero-order valence-corrected chi connectivity index (χ0v) is 14.5. The van der Waals surface area contributed by atoms with Crippen LogP contribution in [0.15, 0.2) is 30.3 Å². The number of thiophene rings is 1. The molecular weight excluding hydrogens is 335 g/mol. The van der Waals surface area contributed by atoms with E-state index in [4.69, 9.17) is 0 Å². The van der Waals surface area contributed by atoms with Gasteiger partial charge in [0.25, 0.3) is 5.91 Å². The summed E-state index contributed by atoms with van der Waals surface area (Å²) in [5, 5.41) is 6.38. The molecule has 0 spiro atoms. The van der Waals surface area contributed by atoms with Crippen molar-refractivity contribution in [3.8, 4) is 11.1 Å². The van der Waals surface area contributed by atoms with E-state index in [0.29, 0.717) is 4.88 Å². The first kappa shape index (κ1) is 17.9. The number of carbonyl (C=O) groups excluding carboxylic acids is 1. The van der Waals surface area contributed by atoms with Crippen molar-refractivity contribution in [2.75, 3.05) is 13.1 Å². The van der Waals surface area contributed by atoms with Crippen LogP contribution in [-0.4, -0.2) is 25.0 Å². The number of carbonyl (C=O) groups is 1. The highest BCUT2D eigenvalue weighted by Crippen LogP contribution is 2.31. The van der Waals surface area contributed by atoms with Crippen LogP contribution in [0.25, 0.3) is 11.1 Å². The topological polar surface area (TPSA) is 41.1 Å². The molecule has 1 atom stereocenters. The lowest BCUT2D eigenvalue weighted by molar-refractivity contribution is 0.0935. The second-order valence-electron chi connectivity index (χ2n) is 5.60. The summed E-state index contributed by atoms with van der Waals surface area (Å²) in [5.41, 5.74) is 1.94. The van der Waals surface area contributed by atoms with Gasteiger partial charge in [-0.2, -0.15) is 0 Å². The van der Waals surface area contributed by atoms with Gasteiger partial charge in [0.15, 0.2) is 0 Å². The summed E-state index contributed by atoms with van der Waals surface area (Å²) >= 11 is 1.48. The Bertz CT molecular complexity index is 666. The molecule has 2 aromatic rings. The van der Waals surface area contributed by atoms with E-state index in [2.05, 4.69) is 10.6 Å². The van der Waals surface area contributed by atoms with Crippen LogP contribution in [0.4, 0.5) is 4.39 Å². The minimum absolute atomic E-state index is 0. The second-order valence-corrected chi connectivity index (χ2v) is 6.86. The molecule has 124 valence electrons. The fourth-order valence-corrected chi connectivity index (χ4v) is 3.69. The Morgan fingerprint density at radius 3 is 2.74 bits per heavy atom. The highest BCUT2D eigenvalue weighted by atomic mass is 35.5. The molecule has 1 aromatic heterocycles. The number of hydrogen-bond donors (Lipinski definition) is 2. The Labute approximate surface area is 145 Å². The van der Waals surface area contributed by atoms with Crippen LogP contribution in [0.5, 0.6) is 0 Å². The Morgan fingerprint density at radius 1 is 1.35 bits per heavy atom. The lowest BCUT2D eigenvalue weighted by atomic mass is 10.1. The van der Waals surface area contributed by atoms with Crippen molar-refractivity contribution in [2.45, 2.75) is 25.8 Å². The minimum Gasteiger partial charge on any atom is -0.347 e. The molecule has 0 saturated carbocycles. The fraction of sp³-hybridized carbons (Fsp3) is 0.353. The van der Waals surface area contributed by atoms with E-state index in [1.54, 1.807) is 12.1 Å². The van der Waals surface area contributed by atoms with E-state index >= 15 is 0 Å². The van der Waals surface area contributed by atoms with Crippen molar-refractivity contribution in [1.29, 1.82) is 0 Å². The first-order valence-corrected chi connectivity index (χ1v) is 8.33. The highest BCUT2D eigenvalue weighted by molar-refractivity contribution is 7.14. The Kier molecular flexibility index (Phi) is 6.16. The average molecular weight is 355 g/mol. The van der Waals surface area contributed by atoms with Gasteiger partial charge in [-0.15, -0.1) is 23.7 Å². The van der Waals surface area contributed by atoms with E-state index in [9.17, 15) is 9.18 Å². The Morgan fingerprint density at radius 2 is 2.09 bits per heavy atom. The monoisotopic (exact) mass is 354 g/mol. The van der Waals surface area contributed by atoms with Gasteiger partial charge in [-0.25, -0.2) is 4.39 Å². The third-order valence-electron chi connectivity index (χ3n) is 3.93. The van der Waals surface area contributed by atoms with E-state index < -0.39 is 0 Å². The maximum Gasteiger partial charge on any atom is 0.261 e. The molecule has 0 radical (unpaired) electrons. The smallest absolute Gasteiger partial charge is 0.261 e. The van der Waals surface area contributed by atoms with Gasteiger partial charge in [0, 0.05) is 17.5 Å². The van der Waals surface area contributed by atoms with E-state index in [0.717, 1.165) is 41.9 Å². The quantitative estimate of drug-likeness (QED) is 0.881. The first-order chi connectivity index (χ1) is 10.6. The molecule has 23 heavy (non-hydrogen) atoms.